The van der Waals surface area contributed by atoms with Gasteiger partial charge in [0, 0.05) is 25.8 Å². The zero-order valence-electron chi connectivity index (χ0n) is 13.2. The lowest BCUT2D eigenvalue weighted by Crippen LogP contribution is -2.27. The third kappa shape index (κ3) is 4.69. The summed E-state index contributed by atoms with van der Waals surface area (Å²) in [5.74, 6) is 1.32. The van der Waals surface area contributed by atoms with Crippen LogP contribution in [0.1, 0.15) is 32.3 Å². The highest BCUT2D eigenvalue weighted by molar-refractivity contribution is 5.41. The second-order valence-corrected chi connectivity index (χ2v) is 5.21. The van der Waals surface area contributed by atoms with E-state index in [1.54, 1.807) is 18.3 Å². The van der Waals surface area contributed by atoms with Gasteiger partial charge >= 0.3 is 0 Å². The molecule has 1 aromatic heterocycles. The SMILES string of the molecule is CCCN(CCC)c1nccc(NCc2ccc(F)cc2)n1. The molecular weight excluding hydrogens is 279 g/mol. The van der Waals surface area contributed by atoms with Crippen molar-refractivity contribution in [2.75, 3.05) is 23.3 Å². The second-order valence-electron chi connectivity index (χ2n) is 5.21. The molecule has 1 N–H and O–H groups in total. The van der Waals surface area contributed by atoms with Gasteiger partial charge in [0.05, 0.1) is 0 Å². The van der Waals surface area contributed by atoms with E-state index < -0.39 is 0 Å². The fourth-order valence-corrected chi connectivity index (χ4v) is 2.25. The molecule has 0 amide bonds. The third-order valence-corrected chi connectivity index (χ3v) is 3.30. The molecule has 0 unspecified atom stereocenters. The molecule has 0 saturated carbocycles. The first-order valence-electron chi connectivity index (χ1n) is 7.79. The van der Waals surface area contributed by atoms with Crippen molar-refractivity contribution >= 4 is 11.8 Å². The van der Waals surface area contributed by atoms with Gasteiger partial charge in [0.1, 0.15) is 11.6 Å². The number of halogens is 1. The van der Waals surface area contributed by atoms with Crippen LogP contribution in [0.3, 0.4) is 0 Å². The first-order chi connectivity index (χ1) is 10.7. The van der Waals surface area contributed by atoms with Crippen LogP contribution in [-0.4, -0.2) is 23.1 Å². The number of benzene rings is 1. The minimum atomic E-state index is -0.220. The van der Waals surface area contributed by atoms with Crippen molar-refractivity contribution in [3.63, 3.8) is 0 Å². The molecule has 5 heteroatoms. The summed E-state index contributed by atoms with van der Waals surface area (Å²) in [6.45, 7) is 6.82. The van der Waals surface area contributed by atoms with E-state index in [0.29, 0.717) is 6.54 Å². The van der Waals surface area contributed by atoms with Gasteiger partial charge in [0.25, 0.3) is 0 Å². The lowest BCUT2D eigenvalue weighted by atomic mass is 10.2. The summed E-state index contributed by atoms with van der Waals surface area (Å²) in [6, 6.07) is 8.32. The van der Waals surface area contributed by atoms with E-state index in [-0.39, 0.29) is 5.82 Å². The van der Waals surface area contributed by atoms with Gasteiger partial charge in [-0.2, -0.15) is 4.98 Å². The summed E-state index contributed by atoms with van der Waals surface area (Å²) < 4.78 is 12.9. The molecule has 1 heterocycles. The lowest BCUT2D eigenvalue weighted by Gasteiger charge is -2.21. The van der Waals surface area contributed by atoms with Gasteiger partial charge in [0.2, 0.25) is 5.95 Å². The van der Waals surface area contributed by atoms with E-state index >= 15 is 0 Å². The summed E-state index contributed by atoms with van der Waals surface area (Å²) in [4.78, 5) is 11.1. The highest BCUT2D eigenvalue weighted by Crippen LogP contribution is 2.13. The highest BCUT2D eigenvalue weighted by Gasteiger charge is 2.08. The Bertz CT molecular complexity index is 565. The molecule has 0 bridgehead atoms. The Kier molecular flexibility index (Phi) is 6.13. The van der Waals surface area contributed by atoms with Crippen LogP contribution < -0.4 is 10.2 Å². The van der Waals surface area contributed by atoms with Crippen molar-refractivity contribution in [3.05, 3.63) is 47.9 Å². The van der Waals surface area contributed by atoms with Crippen LogP contribution >= 0.6 is 0 Å². The van der Waals surface area contributed by atoms with Gasteiger partial charge < -0.3 is 10.2 Å². The van der Waals surface area contributed by atoms with Crippen LogP contribution in [0.4, 0.5) is 16.2 Å². The summed E-state index contributed by atoms with van der Waals surface area (Å²) in [6.07, 6.45) is 3.90. The van der Waals surface area contributed by atoms with Crippen molar-refractivity contribution in [2.45, 2.75) is 33.2 Å². The molecule has 0 aliphatic rings. The maximum atomic E-state index is 12.9. The van der Waals surface area contributed by atoms with Gasteiger partial charge in [-0.3, -0.25) is 0 Å². The Morgan fingerprint density at radius 1 is 1.05 bits per heavy atom. The monoisotopic (exact) mass is 302 g/mol. The Hall–Kier alpha value is -2.17. The van der Waals surface area contributed by atoms with Crippen LogP contribution in [0.25, 0.3) is 0 Å². The third-order valence-electron chi connectivity index (χ3n) is 3.30. The number of hydrogen-bond donors (Lipinski definition) is 1. The summed E-state index contributed by atoms with van der Waals surface area (Å²) in [5.41, 5.74) is 1.01. The van der Waals surface area contributed by atoms with Crippen molar-refractivity contribution in [1.82, 2.24) is 9.97 Å². The number of rotatable bonds is 8. The van der Waals surface area contributed by atoms with Crippen LogP contribution in [0.2, 0.25) is 0 Å². The first-order valence-corrected chi connectivity index (χ1v) is 7.79. The maximum absolute atomic E-state index is 12.9. The number of aromatic nitrogens is 2. The van der Waals surface area contributed by atoms with E-state index in [9.17, 15) is 4.39 Å². The highest BCUT2D eigenvalue weighted by atomic mass is 19.1. The van der Waals surface area contributed by atoms with Gasteiger partial charge in [-0.25, -0.2) is 9.37 Å². The average Bonchev–Trinajstić information content (AvgIpc) is 2.54. The molecule has 0 radical (unpaired) electrons. The second kappa shape index (κ2) is 8.32. The Balaban J connectivity index is 2.02. The maximum Gasteiger partial charge on any atom is 0.227 e. The predicted octanol–water partition coefficient (Wildman–Crippen LogP) is 3.85. The van der Waals surface area contributed by atoms with Crippen molar-refractivity contribution in [2.24, 2.45) is 0 Å². The molecule has 0 aliphatic carbocycles. The zero-order valence-corrected chi connectivity index (χ0v) is 13.2. The van der Waals surface area contributed by atoms with Gasteiger partial charge in [-0.05, 0) is 36.6 Å². The Labute approximate surface area is 131 Å². The van der Waals surface area contributed by atoms with Crippen molar-refractivity contribution in [1.29, 1.82) is 0 Å². The fourth-order valence-electron chi connectivity index (χ4n) is 2.25. The minimum Gasteiger partial charge on any atom is -0.366 e. The Morgan fingerprint density at radius 2 is 1.73 bits per heavy atom. The standard InChI is InChI=1S/C17H23FN4/c1-3-11-22(12-4-2)17-19-10-9-16(21-17)20-13-14-5-7-15(18)8-6-14/h5-10H,3-4,11-13H2,1-2H3,(H,19,20,21). The van der Waals surface area contributed by atoms with E-state index in [0.717, 1.165) is 43.3 Å². The van der Waals surface area contributed by atoms with Crippen molar-refractivity contribution in [3.8, 4) is 0 Å². The average molecular weight is 302 g/mol. The molecule has 2 aromatic rings. The molecular formula is C17H23FN4. The molecule has 118 valence electrons. The molecule has 0 spiro atoms. The summed E-state index contributed by atoms with van der Waals surface area (Å²) in [7, 11) is 0. The van der Waals surface area contributed by atoms with E-state index in [1.165, 1.54) is 12.1 Å². The molecule has 0 atom stereocenters. The lowest BCUT2D eigenvalue weighted by molar-refractivity contribution is 0.627. The van der Waals surface area contributed by atoms with Crippen LogP contribution in [-0.2, 0) is 6.54 Å². The molecule has 22 heavy (non-hydrogen) atoms. The smallest absolute Gasteiger partial charge is 0.227 e. The number of anilines is 2. The molecule has 0 aliphatic heterocycles. The van der Waals surface area contributed by atoms with Gasteiger partial charge in [-0.15, -0.1) is 0 Å². The zero-order chi connectivity index (χ0) is 15.8. The largest absolute Gasteiger partial charge is 0.366 e. The molecule has 1 aromatic carbocycles. The van der Waals surface area contributed by atoms with Gasteiger partial charge in [0.15, 0.2) is 0 Å². The van der Waals surface area contributed by atoms with E-state index in [2.05, 4.69) is 34.0 Å². The summed E-state index contributed by atoms with van der Waals surface area (Å²) in [5, 5.41) is 3.26. The normalized spacial score (nSPS) is 10.5. The fraction of sp³-hybridized carbons (Fsp3) is 0.412. The van der Waals surface area contributed by atoms with Gasteiger partial charge in [-0.1, -0.05) is 26.0 Å². The Morgan fingerprint density at radius 3 is 2.36 bits per heavy atom. The first kappa shape index (κ1) is 16.2. The van der Waals surface area contributed by atoms with Crippen molar-refractivity contribution < 1.29 is 4.39 Å². The molecule has 0 fully saturated rings. The topological polar surface area (TPSA) is 41.1 Å². The van der Waals surface area contributed by atoms with Crippen LogP contribution in [0.5, 0.6) is 0 Å². The molecule has 4 nitrogen and oxygen atoms in total. The minimum absolute atomic E-state index is 0.220. The predicted molar refractivity (Wildman–Crippen MR) is 88.6 cm³/mol. The van der Waals surface area contributed by atoms with E-state index in [4.69, 9.17) is 0 Å². The number of hydrogen-bond acceptors (Lipinski definition) is 4. The quantitative estimate of drug-likeness (QED) is 0.804. The van der Waals surface area contributed by atoms with Crippen LogP contribution in [0.15, 0.2) is 36.5 Å². The van der Waals surface area contributed by atoms with Crippen LogP contribution in [0, 0.1) is 5.82 Å². The molecule has 0 saturated heterocycles. The summed E-state index contributed by atoms with van der Waals surface area (Å²) >= 11 is 0. The number of nitrogens with one attached hydrogen (secondary N) is 1. The molecule has 2 rings (SSSR count). The van der Waals surface area contributed by atoms with E-state index in [1.807, 2.05) is 6.07 Å². The number of nitrogens with zero attached hydrogens (tertiary/aromatic N) is 3.